The molecule has 0 bridgehead atoms. The molecule has 156 valence electrons. The number of carbonyl (C=O) groups is 1. The van der Waals surface area contributed by atoms with Gasteiger partial charge in [-0.2, -0.15) is 0 Å². The van der Waals surface area contributed by atoms with Crippen molar-refractivity contribution in [1.82, 2.24) is 9.80 Å². The first-order valence-corrected chi connectivity index (χ1v) is 9.84. The summed E-state index contributed by atoms with van der Waals surface area (Å²) in [5.41, 5.74) is 1.52. The number of likely N-dealkylation sites (N-methyl/N-ethyl adjacent to an activating group) is 1. The largest absolute Gasteiger partial charge is 0.497 e. The lowest BCUT2D eigenvalue weighted by atomic mass is 10.1. The third-order valence-corrected chi connectivity index (χ3v) is 5.37. The summed E-state index contributed by atoms with van der Waals surface area (Å²) in [5.74, 6) is 1.17. The Kier molecular flexibility index (Phi) is 5.72. The highest BCUT2D eigenvalue weighted by molar-refractivity contribution is 5.83. The van der Waals surface area contributed by atoms with Crippen molar-refractivity contribution in [3.05, 3.63) is 59.0 Å². The van der Waals surface area contributed by atoms with Crippen molar-refractivity contribution in [3.63, 3.8) is 0 Å². The van der Waals surface area contributed by atoms with Crippen LogP contribution < -0.4 is 14.9 Å². The van der Waals surface area contributed by atoms with Crippen LogP contribution >= 0.6 is 0 Å². The van der Waals surface area contributed by atoms with Crippen LogP contribution in [0, 0.1) is 0 Å². The lowest BCUT2D eigenvalue weighted by Crippen LogP contribution is -2.48. The molecule has 2 heterocycles. The number of ether oxygens (including phenoxy) is 2. The smallest absolute Gasteiger partial charge is 0.260 e. The Morgan fingerprint density at radius 2 is 1.73 bits per heavy atom. The van der Waals surface area contributed by atoms with E-state index in [1.54, 1.807) is 37.4 Å². The summed E-state index contributed by atoms with van der Waals surface area (Å²) in [6, 6.07) is 12.2. The minimum absolute atomic E-state index is 0.0383. The fourth-order valence-corrected chi connectivity index (χ4v) is 3.46. The maximum Gasteiger partial charge on any atom is 0.260 e. The Morgan fingerprint density at radius 3 is 2.43 bits per heavy atom. The van der Waals surface area contributed by atoms with E-state index in [0.29, 0.717) is 35.4 Å². The van der Waals surface area contributed by atoms with Crippen LogP contribution in [0.1, 0.15) is 0 Å². The van der Waals surface area contributed by atoms with E-state index in [-0.39, 0.29) is 17.9 Å². The zero-order chi connectivity index (χ0) is 21.1. The van der Waals surface area contributed by atoms with Gasteiger partial charge in [-0.05, 0) is 36.9 Å². The molecule has 1 amide bonds. The number of benzene rings is 2. The third kappa shape index (κ3) is 4.16. The summed E-state index contributed by atoms with van der Waals surface area (Å²) in [7, 11) is 3.64. The van der Waals surface area contributed by atoms with Gasteiger partial charge in [0.05, 0.1) is 18.1 Å². The van der Waals surface area contributed by atoms with Gasteiger partial charge in [-0.15, -0.1) is 0 Å². The van der Waals surface area contributed by atoms with Crippen LogP contribution in [0.4, 0.5) is 0 Å². The Bertz CT molecular complexity index is 1100. The number of fused-ring (bicyclic) bond motifs is 1. The standard InChI is InChI=1S/C23H24N2O5/c1-24-9-11-25(12-10-24)22(26)15-29-18-7-8-19-21(13-18)30-14-20(23(19)27)16-3-5-17(28-2)6-4-16/h3-8,13-14H,9-12,15H2,1-2H3. The van der Waals surface area contributed by atoms with Crippen LogP contribution in [0.2, 0.25) is 0 Å². The first-order valence-electron chi connectivity index (χ1n) is 9.84. The van der Waals surface area contributed by atoms with Gasteiger partial charge in [-0.1, -0.05) is 12.1 Å². The summed E-state index contributed by atoms with van der Waals surface area (Å²) in [4.78, 5) is 29.2. The van der Waals surface area contributed by atoms with Crippen molar-refractivity contribution in [2.24, 2.45) is 0 Å². The summed E-state index contributed by atoms with van der Waals surface area (Å²) in [6.07, 6.45) is 1.45. The predicted molar refractivity (Wildman–Crippen MR) is 114 cm³/mol. The molecule has 1 fully saturated rings. The van der Waals surface area contributed by atoms with Gasteiger partial charge in [-0.25, -0.2) is 0 Å². The van der Waals surface area contributed by atoms with Crippen LogP contribution in [-0.4, -0.2) is 62.7 Å². The highest BCUT2D eigenvalue weighted by Gasteiger charge is 2.19. The Morgan fingerprint density at radius 1 is 1.03 bits per heavy atom. The number of hydrogen-bond acceptors (Lipinski definition) is 6. The molecular formula is C23H24N2O5. The second-order valence-corrected chi connectivity index (χ2v) is 7.34. The molecule has 0 unspecified atom stereocenters. The van der Waals surface area contributed by atoms with E-state index in [4.69, 9.17) is 13.9 Å². The Hall–Kier alpha value is -3.32. The van der Waals surface area contributed by atoms with E-state index in [0.717, 1.165) is 24.4 Å². The second-order valence-electron chi connectivity index (χ2n) is 7.34. The van der Waals surface area contributed by atoms with Crippen LogP contribution in [0.3, 0.4) is 0 Å². The fraction of sp³-hybridized carbons (Fsp3) is 0.304. The molecule has 0 spiro atoms. The minimum Gasteiger partial charge on any atom is -0.497 e. The summed E-state index contributed by atoms with van der Waals surface area (Å²) < 4.78 is 16.5. The molecule has 3 aromatic rings. The zero-order valence-corrected chi connectivity index (χ0v) is 17.1. The number of amides is 1. The topological polar surface area (TPSA) is 72.2 Å². The first kappa shape index (κ1) is 20.0. The van der Waals surface area contributed by atoms with E-state index < -0.39 is 0 Å². The van der Waals surface area contributed by atoms with Crippen molar-refractivity contribution in [1.29, 1.82) is 0 Å². The van der Waals surface area contributed by atoms with Crippen molar-refractivity contribution in [3.8, 4) is 22.6 Å². The monoisotopic (exact) mass is 408 g/mol. The van der Waals surface area contributed by atoms with Gasteiger partial charge in [0.1, 0.15) is 23.3 Å². The van der Waals surface area contributed by atoms with Gasteiger partial charge in [0.2, 0.25) is 0 Å². The number of piperazine rings is 1. The molecular weight excluding hydrogens is 384 g/mol. The van der Waals surface area contributed by atoms with E-state index in [1.165, 1.54) is 6.26 Å². The van der Waals surface area contributed by atoms with Crippen molar-refractivity contribution < 1.29 is 18.7 Å². The molecule has 0 atom stereocenters. The molecule has 1 aromatic heterocycles. The number of hydrogen-bond donors (Lipinski definition) is 0. The Balaban J connectivity index is 1.49. The fourth-order valence-electron chi connectivity index (χ4n) is 3.46. The molecule has 0 radical (unpaired) electrons. The van der Waals surface area contributed by atoms with Crippen LogP contribution in [0.25, 0.3) is 22.1 Å². The molecule has 7 heteroatoms. The van der Waals surface area contributed by atoms with Gasteiger partial charge in [0.25, 0.3) is 5.91 Å². The summed E-state index contributed by atoms with van der Waals surface area (Å²) in [5, 5.41) is 0.459. The van der Waals surface area contributed by atoms with E-state index in [9.17, 15) is 9.59 Å². The summed E-state index contributed by atoms with van der Waals surface area (Å²) in [6.45, 7) is 3.11. The van der Waals surface area contributed by atoms with E-state index in [1.807, 2.05) is 24.1 Å². The normalized spacial score (nSPS) is 14.7. The maximum absolute atomic E-state index is 12.9. The number of rotatable bonds is 5. The van der Waals surface area contributed by atoms with Gasteiger partial charge in [0.15, 0.2) is 12.0 Å². The number of nitrogens with zero attached hydrogens (tertiary/aromatic N) is 2. The van der Waals surface area contributed by atoms with E-state index >= 15 is 0 Å². The highest BCUT2D eigenvalue weighted by Crippen LogP contribution is 2.24. The molecule has 1 saturated heterocycles. The lowest BCUT2D eigenvalue weighted by Gasteiger charge is -2.32. The molecule has 7 nitrogen and oxygen atoms in total. The average molecular weight is 408 g/mol. The quantitative estimate of drug-likeness (QED) is 0.646. The number of carbonyl (C=O) groups excluding carboxylic acids is 1. The van der Waals surface area contributed by atoms with Crippen molar-refractivity contribution >= 4 is 16.9 Å². The van der Waals surface area contributed by atoms with Gasteiger partial charge >= 0.3 is 0 Å². The first-order chi connectivity index (χ1) is 14.5. The van der Waals surface area contributed by atoms with Gasteiger partial charge < -0.3 is 23.7 Å². The lowest BCUT2D eigenvalue weighted by molar-refractivity contribution is -0.134. The molecule has 0 aliphatic carbocycles. The van der Waals surface area contributed by atoms with E-state index in [2.05, 4.69) is 4.90 Å². The van der Waals surface area contributed by atoms with Gasteiger partial charge in [-0.3, -0.25) is 9.59 Å². The third-order valence-electron chi connectivity index (χ3n) is 5.37. The molecule has 0 saturated carbocycles. The molecule has 30 heavy (non-hydrogen) atoms. The molecule has 4 rings (SSSR count). The van der Waals surface area contributed by atoms with Crippen molar-refractivity contribution in [2.75, 3.05) is 46.9 Å². The molecule has 0 N–H and O–H groups in total. The minimum atomic E-state index is -0.124. The van der Waals surface area contributed by atoms with Crippen molar-refractivity contribution in [2.45, 2.75) is 0 Å². The molecule has 1 aliphatic rings. The summed E-state index contributed by atoms with van der Waals surface area (Å²) >= 11 is 0. The predicted octanol–water partition coefficient (Wildman–Crippen LogP) is 2.62. The van der Waals surface area contributed by atoms with Crippen LogP contribution in [-0.2, 0) is 4.79 Å². The Labute approximate surface area is 174 Å². The van der Waals surface area contributed by atoms with Crippen LogP contribution in [0.15, 0.2) is 57.9 Å². The van der Waals surface area contributed by atoms with Gasteiger partial charge in [0, 0.05) is 32.2 Å². The molecule has 2 aromatic carbocycles. The second kappa shape index (κ2) is 8.59. The highest BCUT2D eigenvalue weighted by atomic mass is 16.5. The number of methoxy groups -OCH3 is 1. The SMILES string of the molecule is COc1ccc(-c2coc3cc(OCC(=O)N4CCN(C)CC4)ccc3c2=O)cc1. The maximum atomic E-state index is 12.9. The zero-order valence-electron chi connectivity index (χ0n) is 17.1. The molecule has 1 aliphatic heterocycles. The van der Waals surface area contributed by atoms with Crippen LogP contribution in [0.5, 0.6) is 11.5 Å². The average Bonchev–Trinajstić information content (AvgIpc) is 2.78.